The molecule has 2 aromatic rings. The van der Waals surface area contributed by atoms with Gasteiger partial charge in [0.1, 0.15) is 12.7 Å². The first kappa shape index (κ1) is 13.2. The Bertz CT molecular complexity index is 518. The number of carbonyl (C=O) groups excluding carboxylic acids is 1. The highest BCUT2D eigenvalue weighted by Crippen LogP contribution is 2.12. The van der Waals surface area contributed by atoms with Gasteiger partial charge in [-0.3, -0.25) is 4.79 Å². The van der Waals surface area contributed by atoms with E-state index in [0.29, 0.717) is 12.8 Å². The van der Waals surface area contributed by atoms with Gasteiger partial charge >= 0.3 is 0 Å². The van der Waals surface area contributed by atoms with Crippen LogP contribution in [0.15, 0.2) is 36.9 Å². The minimum atomic E-state index is -0.0224. The zero-order valence-corrected chi connectivity index (χ0v) is 10.8. The summed E-state index contributed by atoms with van der Waals surface area (Å²) in [7, 11) is 0. The summed E-state index contributed by atoms with van der Waals surface area (Å²) in [5.74, 6) is -0.0224. The van der Waals surface area contributed by atoms with Gasteiger partial charge in [0.25, 0.3) is 0 Å². The van der Waals surface area contributed by atoms with Crippen LogP contribution in [0.4, 0.5) is 5.69 Å². The second-order valence-corrected chi connectivity index (χ2v) is 4.45. The fourth-order valence-electron chi connectivity index (χ4n) is 1.62. The fraction of sp³-hybridized carbons (Fsp3) is 0.308. The molecule has 1 amide bonds. The lowest BCUT2D eigenvalue weighted by atomic mass is 10.2. The predicted molar refractivity (Wildman–Crippen MR) is 72.9 cm³/mol. The number of nitrogens with two attached hydrogens (primary N) is 1. The number of hydrogen-bond acceptors (Lipinski definition) is 4. The molecule has 6 nitrogen and oxygen atoms in total. The summed E-state index contributed by atoms with van der Waals surface area (Å²) in [6.45, 7) is 1.89. The van der Waals surface area contributed by atoms with Gasteiger partial charge in [0, 0.05) is 18.2 Å². The van der Waals surface area contributed by atoms with E-state index in [-0.39, 0.29) is 11.9 Å². The predicted octanol–water partition coefficient (Wildman–Crippen LogP) is 1.33. The van der Waals surface area contributed by atoms with Crippen molar-refractivity contribution < 1.29 is 4.79 Å². The van der Waals surface area contributed by atoms with Crippen LogP contribution in [0.2, 0.25) is 0 Å². The second-order valence-electron chi connectivity index (χ2n) is 4.45. The lowest BCUT2D eigenvalue weighted by molar-refractivity contribution is -0.116. The first-order valence-electron chi connectivity index (χ1n) is 6.15. The SMILES string of the molecule is CC(N)CCC(=O)Nc1ccc(-n2cncn2)cc1. The molecule has 6 heteroatoms. The molecule has 0 saturated heterocycles. The lowest BCUT2D eigenvalue weighted by Crippen LogP contribution is -2.19. The third-order valence-corrected chi connectivity index (χ3v) is 2.66. The Labute approximate surface area is 111 Å². The average Bonchev–Trinajstić information content (AvgIpc) is 2.91. The number of benzene rings is 1. The van der Waals surface area contributed by atoms with Gasteiger partial charge in [0.05, 0.1) is 5.69 Å². The molecule has 0 fully saturated rings. The highest BCUT2D eigenvalue weighted by molar-refractivity contribution is 5.90. The standard InChI is InChI=1S/C13H17N5O/c1-10(14)2-7-13(19)17-11-3-5-12(6-4-11)18-9-15-8-16-18/h3-6,8-10H,2,7,14H2,1H3,(H,17,19). The van der Waals surface area contributed by atoms with Crippen LogP contribution >= 0.6 is 0 Å². The van der Waals surface area contributed by atoms with E-state index in [4.69, 9.17) is 5.73 Å². The molecule has 1 aromatic heterocycles. The van der Waals surface area contributed by atoms with Gasteiger partial charge in [0.15, 0.2) is 0 Å². The summed E-state index contributed by atoms with van der Waals surface area (Å²) >= 11 is 0. The van der Waals surface area contributed by atoms with E-state index >= 15 is 0 Å². The largest absolute Gasteiger partial charge is 0.328 e. The number of rotatable bonds is 5. The molecule has 0 aliphatic carbocycles. The van der Waals surface area contributed by atoms with Gasteiger partial charge in [-0.15, -0.1) is 0 Å². The first-order chi connectivity index (χ1) is 9.15. The summed E-state index contributed by atoms with van der Waals surface area (Å²) in [6.07, 6.45) is 4.21. The molecule has 1 heterocycles. The van der Waals surface area contributed by atoms with E-state index in [2.05, 4.69) is 15.4 Å². The van der Waals surface area contributed by atoms with Crippen molar-refractivity contribution >= 4 is 11.6 Å². The number of amides is 1. The van der Waals surface area contributed by atoms with Gasteiger partial charge in [-0.1, -0.05) is 0 Å². The number of hydrogen-bond donors (Lipinski definition) is 2. The van der Waals surface area contributed by atoms with Crippen LogP contribution in [0.5, 0.6) is 0 Å². The van der Waals surface area contributed by atoms with Crippen LogP contribution in [-0.4, -0.2) is 26.7 Å². The molecular weight excluding hydrogens is 242 g/mol. The lowest BCUT2D eigenvalue weighted by Gasteiger charge is -2.07. The minimum Gasteiger partial charge on any atom is -0.328 e. The van der Waals surface area contributed by atoms with Crippen molar-refractivity contribution in [1.82, 2.24) is 14.8 Å². The van der Waals surface area contributed by atoms with Crippen molar-refractivity contribution in [3.63, 3.8) is 0 Å². The summed E-state index contributed by atoms with van der Waals surface area (Å²) in [4.78, 5) is 15.5. The molecule has 0 saturated carbocycles. The van der Waals surface area contributed by atoms with Gasteiger partial charge < -0.3 is 11.1 Å². The molecular formula is C13H17N5O. The Morgan fingerprint density at radius 3 is 2.74 bits per heavy atom. The molecule has 100 valence electrons. The molecule has 0 spiro atoms. The average molecular weight is 259 g/mol. The molecule has 0 radical (unpaired) electrons. The number of nitrogens with one attached hydrogen (secondary N) is 1. The van der Waals surface area contributed by atoms with Crippen molar-refractivity contribution in [2.24, 2.45) is 5.73 Å². The zero-order chi connectivity index (χ0) is 13.7. The van der Waals surface area contributed by atoms with Crippen molar-refractivity contribution in [3.8, 4) is 5.69 Å². The van der Waals surface area contributed by atoms with Crippen molar-refractivity contribution in [3.05, 3.63) is 36.9 Å². The van der Waals surface area contributed by atoms with Crippen molar-refractivity contribution in [1.29, 1.82) is 0 Å². The third kappa shape index (κ3) is 3.89. The van der Waals surface area contributed by atoms with Gasteiger partial charge in [-0.25, -0.2) is 9.67 Å². The summed E-state index contributed by atoms with van der Waals surface area (Å²) in [6, 6.07) is 7.45. The van der Waals surface area contributed by atoms with Gasteiger partial charge in [-0.05, 0) is 37.6 Å². The van der Waals surface area contributed by atoms with Crippen molar-refractivity contribution in [2.75, 3.05) is 5.32 Å². The molecule has 1 atom stereocenters. The smallest absolute Gasteiger partial charge is 0.224 e. The maximum atomic E-state index is 11.6. The van der Waals surface area contributed by atoms with Crippen LogP contribution < -0.4 is 11.1 Å². The Hall–Kier alpha value is -2.21. The van der Waals surface area contributed by atoms with Gasteiger partial charge in [-0.2, -0.15) is 5.10 Å². The zero-order valence-electron chi connectivity index (χ0n) is 10.8. The van der Waals surface area contributed by atoms with Crippen LogP contribution in [-0.2, 0) is 4.79 Å². The Kier molecular flexibility index (Phi) is 4.25. The Morgan fingerprint density at radius 1 is 1.42 bits per heavy atom. The first-order valence-corrected chi connectivity index (χ1v) is 6.15. The second kappa shape index (κ2) is 6.10. The molecule has 0 aliphatic heterocycles. The molecule has 3 N–H and O–H groups in total. The van der Waals surface area contributed by atoms with Crippen LogP contribution in [0.1, 0.15) is 19.8 Å². The summed E-state index contributed by atoms with van der Waals surface area (Å²) in [5, 5.41) is 6.86. The van der Waals surface area contributed by atoms with Gasteiger partial charge in [0.2, 0.25) is 5.91 Å². The quantitative estimate of drug-likeness (QED) is 0.848. The Balaban J connectivity index is 1.94. The Morgan fingerprint density at radius 2 is 2.16 bits per heavy atom. The van der Waals surface area contributed by atoms with Crippen molar-refractivity contribution in [2.45, 2.75) is 25.8 Å². The maximum absolute atomic E-state index is 11.6. The summed E-state index contributed by atoms with van der Waals surface area (Å²) < 4.78 is 1.65. The molecule has 2 rings (SSSR count). The number of nitrogens with zero attached hydrogens (tertiary/aromatic N) is 3. The topological polar surface area (TPSA) is 85.8 Å². The molecule has 0 aliphatic rings. The molecule has 19 heavy (non-hydrogen) atoms. The van der Waals surface area contributed by atoms with E-state index in [1.165, 1.54) is 6.33 Å². The van der Waals surface area contributed by atoms with E-state index in [0.717, 1.165) is 11.4 Å². The maximum Gasteiger partial charge on any atom is 0.224 e. The van der Waals surface area contributed by atoms with Crippen LogP contribution in [0.3, 0.4) is 0 Å². The number of anilines is 1. The van der Waals surface area contributed by atoms with Crippen LogP contribution in [0.25, 0.3) is 5.69 Å². The molecule has 1 aromatic carbocycles. The fourth-order valence-corrected chi connectivity index (χ4v) is 1.62. The van der Waals surface area contributed by atoms with E-state index in [1.807, 2.05) is 31.2 Å². The third-order valence-electron chi connectivity index (χ3n) is 2.66. The van der Waals surface area contributed by atoms with E-state index < -0.39 is 0 Å². The molecule has 1 unspecified atom stereocenters. The summed E-state index contributed by atoms with van der Waals surface area (Å²) in [5.41, 5.74) is 7.27. The minimum absolute atomic E-state index is 0.0224. The monoisotopic (exact) mass is 259 g/mol. The highest BCUT2D eigenvalue weighted by atomic mass is 16.1. The van der Waals surface area contributed by atoms with E-state index in [9.17, 15) is 4.79 Å². The van der Waals surface area contributed by atoms with E-state index in [1.54, 1.807) is 11.0 Å². The normalized spacial score (nSPS) is 12.1. The number of aromatic nitrogens is 3. The van der Waals surface area contributed by atoms with Crippen LogP contribution in [0, 0.1) is 0 Å². The highest BCUT2D eigenvalue weighted by Gasteiger charge is 2.04. The number of carbonyl (C=O) groups is 1. The molecule has 0 bridgehead atoms.